The van der Waals surface area contributed by atoms with Crippen LogP contribution in [-0.2, 0) is 0 Å². The van der Waals surface area contributed by atoms with Gasteiger partial charge in [-0.25, -0.2) is 0 Å². The zero-order chi connectivity index (χ0) is 12.3. The fourth-order valence-electron chi connectivity index (χ4n) is 2.37. The number of methoxy groups -OCH3 is 1. The van der Waals surface area contributed by atoms with Crippen LogP contribution >= 0.6 is 15.9 Å². The first kappa shape index (κ1) is 12.9. The molecule has 1 aromatic rings. The van der Waals surface area contributed by atoms with Crippen LogP contribution in [0.25, 0.3) is 0 Å². The SMILES string of the molecule is COc1ccc(C(CO)N2CCCC2)cc1Br. The van der Waals surface area contributed by atoms with Gasteiger partial charge in [0.1, 0.15) is 5.75 Å². The van der Waals surface area contributed by atoms with Crippen molar-refractivity contribution in [3.05, 3.63) is 28.2 Å². The molecule has 0 radical (unpaired) electrons. The molecule has 1 unspecified atom stereocenters. The van der Waals surface area contributed by atoms with Crippen LogP contribution in [0.2, 0.25) is 0 Å². The molecule has 1 heterocycles. The maximum Gasteiger partial charge on any atom is 0.133 e. The Morgan fingerprint density at radius 2 is 2.12 bits per heavy atom. The summed E-state index contributed by atoms with van der Waals surface area (Å²) < 4.78 is 6.16. The van der Waals surface area contributed by atoms with Gasteiger partial charge in [-0.15, -0.1) is 0 Å². The summed E-state index contributed by atoms with van der Waals surface area (Å²) >= 11 is 3.49. The molecule has 1 N–H and O–H groups in total. The van der Waals surface area contributed by atoms with Crippen LogP contribution < -0.4 is 4.74 Å². The lowest BCUT2D eigenvalue weighted by Gasteiger charge is -2.26. The predicted molar refractivity (Wildman–Crippen MR) is 71.3 cm³/mol. The van der Waals surface area contributed by atoms with Gasteiger partial charge in [-0.2, -0.15) is 0 Å². The second kappa shape index (κ2) is 5.85. The Hall–Kier alpha value is -0.580. The van der Waals surface area contributed by atoms with Gasteiger partial charge in [-0.1, -0.05) is 6.07 Å². The largest absolute Gasteiger partial charge is 0.496 e. The summed E-state index contributed by atoms with van der Waals surface area (Å²) in [7, 11) is 1.66. The molecule has 0 spiro atoms. The van der Waals surface area contributed by atoms with Gasteiger partial charge in [-0.05, 0) is 59.6 Å². The van der Waals surface area contributed by atoms with E-state index in [-0.39, 0.29) is 12.6 Å². The van der Waals surface area contributed by atoms with Gasteiger partial charge in [0.15, 0.2) is 0 Å². The van der Waals surface area contributed by atoms with Gasteiger partial charge >= 0.3 is 0 Å². The van der Waals surface area contributed by atoms with Crippen molar-refractivity contribution < 1.29 is 9.84 Å². The van der Waals surface area contributed by atoms with E-state index < -0.39 is 0 Å². The highest BCUT2D eigenvalue weighted by atomic mass is 79.9. The summed E-state index contributed by atoms with van der Waals surface area (Å²) in [5, 5.41) is 9.57. The third kappa shape index (κ3) is 2.81. The Bertz CT molecular complexity index is 378. The highest BCUT2D eigenvalue weighted by Crippen LogP contribution is 2.31. The summed E-state index contributed by atoms with van der Waals surface area (Å²) in [6.07, 6.45) is 2.46. The van der Waals surface area contributed by atoms with Crippen molar-refractivity contribution in [2.45, 2.75) is 18.9 Å². The summed E-state index contributed by atoms with van der Waals surface area (Å²) in [4.78, 5) is 2.34. The summed E-state index contributed by atoms with van der Waals surface area (Å²) in [6.45, 7) is 2.32. The molecule has 3 nitrogen and oxygen atoms in total. The Balaban J connectivity index is 2.21. The summed E-state index contributed by atoms with van der Waals surface area (Å²) in [6, 6.07) is 6.12. The summed E-state index contributed by atoms with van der Waals surface area (Å²) in [5.41, 5.74) is 1.14. The Morgan fingerprint density at radius 3 is 2.65 bits per heavy atom. The van der Waals surface area contributed by atoms with Crippen LogP contribution in [0.5, 0.6) is 5.75 Å². The van der Waals surface area contributed by atoms with Crippen molar-refractivity contribution >= 4 is 15.9 Å². The molecule has 1 aromatic carbocycles. The van der Waals surface area contributed by atoms with Crippen molar-refractivity contribution in [3.63, 3.8) is 0 Å². The van der Waals surface area contributed by atoms with Crippen LogP contribution in [0.3, 0.4) is 0 Å². The van der Waals surface area contributed by atoms with Crippen LogP contribution in [0, 0.1) is 0 Å². The molecule has 0 bridgehead atoms. The molecule has 1 saturated heterocycles. The van der Waals surface area contributed by atoms with E-state index in [0.29, 0.717) is 0 Å². The number of aliphatic hydroxyl groups excluding tert-OH is 1. The van der Waals surface area contributed by atoms with Crippen molar-refractivity contribution in [1.82, 2.24) is 4.90 Å². The quantitative estimate of drug-likeness (QED) is 0.927. The third-order valence-corrected chi connectivity index (χ3v) is 3.93. The fourth-order valence-corrected chi connectivity index (χ4v) is 2.93. The highest BCUT2D eigenvalue weighted by Gasteiger charge is 2.23. The van der Waals surface area contributed by atoms with E-state index in [1.807, 2.05) is 18.2 Å². The molecule has 1 atom stereocenters. The Morgan fingerprint density at radius 1 is 1.41 bits per heavy atom. The second-order valence-corrected chi connectivity index (χ2v) is 5.19. The normalized spacial score (nSPS) is 18.3. The predicted octanol–water partition coefficient (Wildman–Crippen LogP) is 2.59. The Kier molecular flexibility index (Phi) is 4.42. The maximum atomic E-state index is 9.57. The van der Waals surface area contributed by atoms with Crippen molar-refractivity contribution in [3.8, 4) is 5.75 Å². The molecule has 1 aliphatic rings. The summed E-state index contributed by atoms with van der Waals surface area (Å²) in [5.74, 6) is 0.826. The topological polar surface area (TPSA) is 32.7 Å². The molecule has 1 fully saturated rings. The molecule has 0 amide bonds. The molecule has 94 valence electrons. The smallest absolute Gasteiger partial charge is 0.133 e. The molecule has 0 aliphatic carbocycles. The van der Waals surface area contributed by atoms with Crippen molar-refractivity contribution in [2.75, 3.05) is 26.8 Å². The molecule has 0 aromatic heterocycles. The third-order valence-electron chi connectivity index (χ3n) is 3.31. The monoisotopic (exact) mass is 299 g/mol. The molecule has 17 heavy (non-hydrogen) atoms. The van der Waals surface area contributed by atoms with Gasteiger partial charge in [0.25, 0.3) is 0 Å². The van der Waals surface area contributed by atoms with Gasteiger partial charge in [0.2, 0.25) is 0 Å². The van der Waals surface area contributed by atoms with Gasteiger partial charge in [0.05, 0.1) is 24.2 Å². The molecule has 0 saturated carbocycles. The van der Waals surface area contributed by atoms with Gasteiger partial charge in [-0.3, -0.25) is 4.90 Å². The lowest BCUT2D eigenvalue weighted by Crippen LogP contribution is -2.28. The number of aliphatic hydroxyl groups is 1. The first-order chi connectivity index (χ1) is 8.26. The molecule has 1 aliphatic heterocycles. The fraction of sp³-hybridized carbons (Fsp3) is 0.538. The number of likely N-dealkylation sites (tertiary alicyclic amines) is 1. The molecular weight excluding hydrogens is 282 g/mol. The molecule has 4 heteroatoms. The van der Waals surface area contributed by atoms with E-state index in [2.05, 4.69) is 20.8 Å². The maximum absolute atomic E-state index is 9.57. The Labute approximate surface area is 111 Å². The minimum absolute atomic E-state index is 0.111. The van der Waals surface area contributed by atoms with Crippen molar-refractivity contribution in [2.24, 2.45) is 0 Å². The number of hydrogen-bond acceptors (Lipinski definition) is 3. The number of halogens is 1. The van der Waals surface area contributed by atoms with Gasteiger partial charge < -0.3 is 9.84 Å². The average molecular weight is 300 g/mol. The minimum Gasteiger partial charge on any atom is -0.496 e. The number of benzene rings is 1. The van der Waals surface area contributed by atoms with Crippen molar-refractivity contribution in [1.29, 1.82) is 0 Å². The lowest BCUT2D eigenvalue weighted by molar-refractivity contribution is 0.147. The first-order valence-corrected chi connectivity index (χ1v) is 6.74. The van der Waals surface area contributed by atoms with E-state index in [0.717, 1.165) is 28.9 Å². The zero-order valence-electron chi connectivity index (χ0n) is 10.0. The number of hydrogen-bond donors (Lipinski definition) is 1. The zero-order valence-corrected chi connectivity index (χ0v) is 11.6. The van der Waals surface area contributed by atoms with Crippen LogP contribution in [0.1, 0.15) is 24.4 Å². The van der Waals surface area contributed by atoms with E-state index in [1.54, 1.807) is 7.11 Å². The number of rotatable bonds is 4. The van der Waals surface area contributed by atoms with E-state index >= 15 is 0 Å². The lowest BCUT2D eigenvalue weighted by atomic mass is 10.1. The van der Waals surface area contributed by atoms with Gasteiger partial charge in [0, 0.05) is 0 Å². The second-order valence-electron chi connectivity index (χ2n) is 4.34. The highest BCUT2D eigenvalue weighted by molar-refractivity contribution is 9.10. The molecular formula is C13H18BrNO2. The van der Waals surface area contributed by atoms with Crippen LogP contribution in [0.15, 0.2) is 22.7 Å². The van der Waals surface area contributed by atoms with E-state index in [4.69, 9.17) is 4.74 Å². The molecule has 2 rings (SSSR count). The number of nitrogens with zero attached hydrogens (tertiary/aromatic N) is 1. The first-order valence-electron chi connectivity index (χ1n) is 5.94. The van der Waals surface area contributed by atoms with Crippen LogP contribution in [-0.4, -0.2) is 36.8 Å². The van der Waals surface area contributed by atoms with E-state index in [1.165, 1.54) is 12.8 Å². The standard InChI is InChI=1S/C13H18BrNO2/c1-17-13-5-4-10(8-11(13)14)12(9-16)15-6-2-3-7-15/h4-5,8,12,16H,2-3,6-7,9H2,1H3. The number of ether oxygens (including phenoxy) is 1. The van der Waals surface area contributed by atoms with E-state index in [9.17, 15) is 5.11 Å². The van der Waals surface area contributed by atoms with Crippen LogP contribution in [0.4, 0.5) is 0 Å². The average Bonchev–Trinajstić information content (AvgIpc) is 2.84. The minimum atomic E-state index is 0.111.